The highest BCUT2D eigenvalue weighted by molar-refractivity contribution is 6.30. The van der Waals surface area contributed by atoms with Gasteiger partial charge in [0, 0.05) is 43.7 Å². The second kappa shape index (κ2) is 16.2. The number of furan rings is 2. The summed E-state index contributed by atoms with van der Waals surface area (Å²) in [6.45, 7) is 8.97. The van der Waals surface area contributed by atoms with Gasteiger partial charge in [-0.25, -0.2) is 0 Å². The third-order valence-corrected chi connectivity index (χ3v) is 15.1. The maximum absolute atomic E-state index is 6.86. The predicted molar refractivity (Wildman–Crippen MR) is 304 cm³/mol. The van der Waals surface area contributed by atoms with Gasteiger partial charge in [0.15, 0.2) is 11.2 Å². The minimum atomic E-state index is 0.856. The number of rotatable bonds is 8. The Morgan fingerprint density at radius 3 is 1.10 bits per heavy atom. The van der Waals surface area contributed by atoms with Crippen LogP contribution in [0.3, 0.4) is 0 Å². The summed E-state index contributed by atoms with van der Waals surface area (Å²) in [4.78, 5) is 4.87. The summed E-state index contributed by atoms with van der Waals surface area (Å²) < 4.78 is 13.7. The molecular formula is C68H48N2O2. The number of anilines is 6. The molecule has 72 heavy (non-hydrogen) atoms. The van der Waals surface area contributed by atoms with Crippen molar-refractivity contribution in [3.63, 3.8) is 0 Å². The molecule has 14 rings (SSSR count). The number of benzene rings is 12. The monoisotopic (exact) mass is 924 g/mol. The summed E-state index contributed by atoms with van der Waals surface area (Å²) in [5.74, 6) is 0. The van der Waals surface area contributed by atoms with Gasteiger partial charge in [-0.05, 0) is 154 Å². The lowest BCUT2D eigenvalue weighted by atomic mass is 9.88. The summed E-state index contributed by atoms with van der Waals surface area (Å²) in [7, 11) is 0. The van der Waals surface area contributed by atoms with Gasteiger partial charge in [-0.15, -0.1) is 0 Å². The van der Waals surface area contributed by atoms with Crippen molar-refractivity contribution in [3.05, 3.63) is 241 Å². The molecule has 4 nitrogen and oxygen atoms in total. The van der Waals surface area contributed by atoms with Crippen LogP contribution in [0.4, 0.5) is 34.1 Å². The van der Waals surface area contributed by atoms with Crippen LogP contribution in [-0.4, -0.2) is 0 Å². The van der Waals surface area contributed by atoms with E-state index in [4.69, 9.17) is 8.83 Å². The van der Waals surface area contributed by atoms with E-state index < -0.39 is 0 Å². The van der Waals surface area contributed by atoms with Crippen molar-refractivity contribution in [1.82, 2.24) is 0 Å². The first-order chi connectivity index (χ1) is 35.4. The Bertz CT molecular complexity index is 4160. The Labute approximate surface area is 417 Å². The van der Waals surface area contributed by atoms with Crippen molar-refractivity contribution in [2.75, 3.05) is 9.80 Å². The van der Waals surface area contributed by atoms with E-state index in [1.807, 2.05) is 12.1 Å². The van der Waals surface area contributed by atoms with E-state index in [0.717, 1.165) is 88.8 Å². The molecule has 2 aromatic heterocycles. The summed E-state index contributed by atoms with van der Waals surface area (Å²) in [5.41, 5.74) is 19.3. The van der Waals surface area contributed by atoms with E-state index in [9.17, 15) is 0 Å². The summed E-state index contributed by atoms with van der Waals surface area (Å²) in [6, 6.07) is 79.1. The third-order valence-electron chi connectivity index (χ3n) is 15.1. The minimum absolute atomic E-state index is 0.856. The second-order valence-corrected chi connectivity index (χ2v) is 19.4. The molecule has 12 aromatic carbocycles. The molecule has 0 spiro atoms. The first-order valence-corrected chi connectivity index (χ1v) is 24.8. The molecule has 342 valence electrons. The zero-order chi connectivity index (χ0) is 48.2. The zero-order valence-electron chi connectivity index (χ0n) is 40.5. The molecule has 0 unspecified atom stereocenters. The third kappa shape index (κ3) is 6.39. The quantitative estimate of drug-likeness (QED) is 0.142. The van der Waals surface area contributed by atoms with Crippen LogP contribution in [-0.2, 0) is 0 Å². The van der Waals surface area contributed by atoms with Crippen LogP contribution in [0.1, 0.15) is 22.3 Å². The molecular weight excluding hydrogens is 877 g/mol. The van der Waals surface area contributed by atoms with Crippen molar-refractivity contribution >= 4 is 110 Å². The Balaban J connectivity index is 1.05. The lowest BCUT2D eigenvalue weighted by Gasteiger charge is -2.31. The normalized spacial score (nSPS) is 11.9. The van der Waals surface area contributed by atoms with E-state index in [-0.39, 0.29) is 0 Å². The minimum Gasteiger partial charge on any atom is -0.454 e. The van der Waals surface area contributed by atoms with Gasteiger partial charge in [-0.1, -0.05) is 158 Å². The van der Waals surface area contributed by atoms with E-state index in [1.165, 1.54) is 66.1 Å². The molecule has 14 aromatic rings. The topological polar surface area (TPSA) is 32.8 Å². The van der Waals surface area contributed by atoms with E-state index in [2.05, 4.69) is 244 Å². The maximum Gasteiger partial charge on any atom is 0.159 e. The van der Waals surface area contributed by atoms with Crippen molar-refractivity contribution < 1.29 is 8.83 Å². The van der Waals surface area contributed by atoms with Crippen molar-refractivity contribution in [3.8, 4) is 22.3 Å². The smallest absolute Gasteiger partial charge is 0.159 e. The van der Waals surface area contributed by atoms with Crippen LogP contribution >= 0.6 is 0 Å². The fourth-order valence-electron chi connectivity index (χ4n) is 11.8. The number of aryl methyl sites for hydroxylation is 4. The van der Waals surface area contributed by atoms with Crippen molar-refractivity contribution in [2.24, 2.45) is 0 Å². The molecule has 0 amide bonds. The molecule has 0 bridgehead atoms. The van der Waals surface area contributed by atoms with Gasteiger partial charge in [0.25, 0.3) is 0 Å². The number of hydrogen-bond donors (Lipinski definition) is 0. The Morgan fingerprint density at radius 1 is 0.278 bits per heavy atom. The maximum atomic E-state index is 6.86. The standard InChI is InChI=1S/C68H48N2O2/c1-41-37-47(29-31-49(41)45-17-7-5-8-18-45)69(59-25-15-23-55-53-21-11-13-27-63(53)71-67(55)59)61-39-43(3)51-34-36-58-62(40-44(4)52-33-35-57(61)65(51)66(52)58)70(48-30-32-50(42(2)38-48)46-19-9-6-10-20-46)60-26-16-24-56-54-22-12-14-28-64(54)72-68(56)60/h5-40H,1-4H3. The summed E-state index contributed by atoms with van der Waals surface area (Å²) >= 11 is 0. The molecule has 0 aliphatic carbocycles. The number of para-hydroxylation sites is 4. The highest BCUT2D eigenvalue weighted by Gasteiger charge is 2.27. The van der Waals surface area contributed by atoms with Gasteiger partial charge in [0.05, 0.1) is 22.7 Å². The van der Waals surface area contributed by atoms with Gasteiger partial charge in [0.2, 0.25) is 0 Å². The Kier molecular flexibility index (Phi) is 9.43. The van der Waals surface area contributed by atoms with Crippen LogP contribution in [0.15, 0.2) is 227 Å². The Hall–Kier alpha value is -9.12. The molecule has 2 heterocycles. The zero-order valence-corrected chi connectivity index (χ0v) is 40.5. The lowest BCUT2D eigenvalue weighted by Crippen LogP contribution is -2.13. The molecule has 0 saturated heterocycles. The highest BCUT2D eigenvalue weighted by atomic mass is 16.3. The second-order valence-electron chi connectivity index (χ2n) is 19.4. The fraction of sp³-hybridized carbons (Fsp3) is 0.0588. The number of nitrogens with zero attached hydrogens (tertiary/aromatic N) is 2. The summed E-state index contributed by atoms with van der Waals surface area (Å²) in [6.07, 6.45) is 0. The predicted octanol–water partition coefficient (Wildman–Crippen LogP) is 19.9. The van der Waals surface area contributed by atoms with Crippen LogP contribution in [0.25, 0.3) is 98.4 Å². The molecule has 4 heteroatoms. The SMILES string of the molecule is Cc1cc(N(c2cc(C)c3ccc4c(N(c5ccc(-c6ccccc6)c(C)c5)c5cccc6c5oc5ccccc56)cc(C)c5ccc2c3c54)c2cccc3c2oc2ccccc23)ccc1-c1ccccc1. The lowest BCUT2D eigenvalue weighted by molar-refractivity contribution is 0.669. The highest BCUT2D eigenvalue weighted by Crippen LogP contribution is 2.52. The van der Waals surface area contributed by atoms with Gasteiger partial charge in [-0.2, -0.15) is 0 Å². The molecule has 0 saturated carbocycles. The molecule has 0 atom stereocenters. The number of fused-ring (bicyclic) bond motifs is 6. The van der Waals surface area contributed by atoms with Gasteiger partial charge in [-0.3, -0.25) is 0 Å². The first-order valence-electron chi connectivity index (χ1n) is 24.8. The molecule has 0 fully saturated rings. The van der Waals surface area contributed by atoms with Crippen LogP contribution in [0.2, 0.25) is 0 Å². The van der Waals surface area contributed by atoms with E-state index in [0.29, 0.717) is 0 Å². The van der Waals surface area contributed by atoms with Gasteiger partial charge >= 0.3 is 0 Å². The van der Waals surface area contributed by atoms with E-state index >= 15 is 0 Å². The van der Waals surface area contributed by atoms with Gasteiger partial charge < -0.3 is 18.6 Å². The van der Waals surface area contributed by atoms with Gasteiger partial charge in [0.1, 0.15) is 11.2 Å². The van der Waals surface area contributed by atoms with Crippen LogP contribution in [0, 0.1) is 27.7 Å². The average Bonchev–Trinajstić information content (AvgIpc) is 4.00. The molecule has 0 aliphatic heterocycles. The molecule has 0 aliphatic rings. The number of hydrogen-bond acceptors (Lipinski definition) is 4. The molecule has 0 radical (unpaired) electrons. The van der Waals surface area contributed by atoms with Crippen molar-refractivity contribution in [2.45, 2.75) is 27.7 Å². The first kappa shape index (κ1) is 41.8. The largest absolute Gasteiger partial charge is 0.454 e. The Morgan fingerprint density at radius 2 is 0.667 bits per heavy atom. The fourth-order valence-corrected chi connectivity index (χ4v) is 11.8. The van der Waals surface area contributed by atoms with Crippen LogP contribution < -0.4 is 9.80 Å². The van der Waals surface area contributed by atoms with Crippen molar-refractivity contribution in [1.29, 1.82) is 0 Å². The molecule has 0 N–H and O–H groups in total. The van der Waals surface area contributed by atoms with E-state index in [1.54, 1.807) is 0 Å². The average molecular weight is 925 g/mol. The van der Waals surface area contributed by atoms with Crippen LogP contribution in [0.5, 0.6) is 0 Å². The summed E-state index contributed by atoms with van der Waals surface area (Å²) in [5, 5.41) is 11.7.